The van der Waals surface area contributed by atoms with E-state index in [2.05, 4.69) is 16.7 Å². The summed E-state index contributed by atoms with van der Waals surface area (Å²) >= 11 is 0. The van der Waals surface area contributed by atoms with Crippen LogP contribution < -0.4 is 0 Å². The van der Waals surface area contributed by atoms with Gasteiger partial charge in [-0.1, -0.05) is 6.92 Å². The van der Waals surface area contributed by atoms with E-state index < -0.39 is 11.2 Å². The number of nitrogens with zero attached hydrogens (tertiary/aromatic N) is 2. The van der Waals surface area contributed by atoms with Gasteiger partial charge in [-0.15, -0.1) is 0 Å². The molecule has 0 spiro atoms. The number of esters is 2. The molecule has 0 saturated heterocycles. The Labute approximate surface area is 166 Å². The Morgan fingerprint density at radius 2 is 1.19 bits per heavy atom. The first kappa shape index (κ1) is 25.9. The van der Waals surface area contributed by atoms with Crippen LogP contribution in [0.3, 0.4) is 0 Å². The number of carbonyl (C=O) groups is 2. The van der Waals surface area contributed by atoms with Gasteiger partial charge in [0.05, 0.1) is 0 Å². The van der Waals surface area contributed by atoms with Crippen LogP contribution in [0.4, 0.5) is 0 Å². The highest BCUT2D eigenvalue weighted by molar-refractivity contribution is 5.70. The summed E-state index contributed by atoms with van der Waals surface area (Å²) in [5, 5.41) is 0. The summed E-state index contributed by atoms with van der Waals surface area (Å²) in [6.07, 6.45) is 3.73. The van der Waals surface area contributed by atoms with Gasteiger partial charge in [0.15, 0.2) is 0 Å². The fraction of sp³-hybridized carbons (Fsp3) is 0.905. The Morgan fingerprint density at radius 3 is 1.56 bits per heavy atom. The van der Waals surface area contributed by atoms with Crippen molar-refractivity contribution in [3.8, 4) is 0 Å². The highest BCUT2D eigenvalue weighted by Crippen LogP contribution is 2.26. The molecule has 0 saturated carbocycles. The number of hydrogen-bond acceptors (Lipinski definition) is 6. The van der Waals surface area contributed by atoms with Crippen LogP contribution in [-0.2, 0) is 19.1 Å². The van der Waals surface area contributed by atoms with Gasteiger partial charge in [0.2, 0.25) is 0 Å². The van der Waals surface area contributed by atoms with Crippen molar-refractivity contribution in [2.24, 2.45) is 0 Å². The number of ether oxygens (including phenoxy) is 2. The zero-order valence-corrected chi connectivity index (χ0v) is 18.9. The topological polar surface area (TPSA) is 59.1 Å². The van der Waals surface area contributed by atoms with E-state index in [9.17, 15) is 9.59 Å². The summed E-state index contributed by atoms with van der Waals surface area (Å²) in [6.45, 7) is 12.5. The fourth-order valence-electron chi connectivity index (χ4n) is 2.61. The molecule has 0 aliphatic heterocycles. The first-order chi connectivity index (χ1) is 12.4. The minimum Gasteiger partial charge on any atom is -0.460 e. The Balaban J connectivity index is 4.23. The molecule has 0 atom stereocenters. The van der Waals surface area contributed by atoms with Gasteiger partial charge in [0.25, 0.3) is 0 Å². The number of carbonyl (C=O) groups excluding carboxylic acids is 2. The third-order valence-electron chi connectivity index (χ3n) is 4.56. The summed E-state index contributed by atoms with van der Waals surface area (Å²) in [7, 11) is 6.01. The second kappa shape index (κ2) is 12.3. The summed E-state index contributed by atoms with van der Waals surface area (Å²) in [5.74, 6) is -0.334. The molecular formula is C21H42N2O4. The van der Waals surface area contributed by atoms with Gasteiger partial charge in [0.1, 0.15) is 11.2 Å². The lowest BCUT2D eigenvalue weighted by molar-refractivity contribution is -0.164. The third kappa shape index (κ3) is 14.6. The van der Waals surface area contributed by atoms with Crippen LogP contribution in [0.25, 0.3) is 0 Å². The molecule has 0 aliphatic carbocycles. The van der Waals surface area contributed by atoms with Gasteiger partial charge in [0, 0.05) is 12.8 Å². The zero-order valence-electron chi connectivity index (χ0n) is 18.9. The Morgan fingerprint density at radius 1 is 0.778 bits per heavy atom. The Bertz CT molecular complexity index is 447. The Kier molecular flexibility index (Phi) is 11.8. The molecule has 0 fully saturated rings. The van der Waals surface area contributed by atoms with Crippen molar-refractivity contribution in [1.29, 1.82) is 0 Å². The molecule has 0 rings (SSSR count). The summed E-state index contributed by atoms with van der Waals surface area (Å²) < 4.78 is 11.3. The maximum atomic E-state index is 12.1. The second-order valence-corrected chi connectivity index (χ2v) is 8.87. The maximum Gasteiger partial charge on any atom is 0.306 e. The van der Waals surface area contributed by atoms with E-state index in [4.69, 9.17) is 9.47 Å². The molecule has 6 heteroatoms. The van der Waals surface area contributed by atoms with Gasteiger partial charge >= 0.3 is 11.9 Å². The summed E-state index contributed by atoms with van der Waals surface area (Å²) in [6, 6.07) is 0. The molecule has 0 radical (unpaired) electrons. The maximum absolute atomic E-state index is 12.1. The van der Waals surface area contributed by atoms with Gasteiger partial charge in [-0.3, -0.25) is 9.59 Å². The van der Waals surface area contributed by atoms with Crippen LogP contribution >= 0.6 is 0 Å². The van der Waals surface area contributed by atoms with Crippen LogP contribution in [0.5, 0.6) is 0 Å². The van der Waals surface area contributed by atoms with Crippen LogP contribution in [0.1, 0.15) is 73.1 Å². The van der Waals surface area contributed by atoms with E-state index in [1.807, 2.05) is 48.8 Å². The first-order valence-electron chi connectivity index (χ1n) is 10.1. The minimum atomic E-state index is -0.567. The van der Waals surface area contributed by atoms with Gasteiger partial charge in [-0.2, -0.15) is 0 Å². The molecule has 6 nitrogen and oxygen atoms in total. The predicted octanol–water partition coefficient (Wildman–Crippen LogP) is 3.48. The third-order valence-corrected chi connectivity index (χ3v) is 4.56. The summed E-state index contributed by atoms with van der Waals surface area (Å²) in [5.41, 5.74) is -1.13. The van der Waals surface area contributed by atoms with E-state index in [-0.39, 0.29) is 11.9 Å². The predicted molar refractivity (Wildman–Crippen MR) is 110 cm³/mol. The standard InChI is InChI=1S/C21H42N2O4/c1-9-23(8)17-11-13-19(25)27-21(4,5)15-14-20(2,3)26-18(24)12-10-16-22(6)7/h9-17H2,1-8H3. The molecule has 27 heavy (non-hydrogen) atoms. The van der Waals surface area contributed by atoms with Gasteiger partial charge < -0.3 is 19.3 Å². The van der Waals surface area contributed by atoms with Crippen molar-refractivity contribution in [2.45, 2.75) is 84.3 Å². The largest absolute Gasteiger partial charge is 0.460 e. The summed E-state index contributed by atoms with van der Waals surface area (Å²) in [4.78, 5) is 28.3. The van der Waals surface area contributed by atoms with Crippen molar-refractivity contribution in [3.63, 3.8) is 0 Å². The highest BCUT2D eigenvalue weighted by Gasteiger charge is 2.29. The lowest BCUT2D eigenvalue weighted by atomic mass is 9.93. The molecule has 160 valence electrons. The van der Waals surface area contributed by atoms with Crippen LogP contribution in [0.15, 0.2) is 0 Å². The fourth-order valence-corrected chi connectivity index (χ4v) is 2.61. The van der Waals surface area contributed by atoms with E-state index in [1.54, 1.807) is 0 Å². The minimum absolute atomic E-state index is 0.164. The molecule has 0 aromatic rings. The van der Waals surface area contributed by atoms with Crippen LogP contribution in [0, 0.1) is 0 Å². The van der Waals surface area contributed by atoms with Crippen molar-refractivity contribution in [2.75, 3.05) is 40.8 Å². The highest BCUT2D eigenvalue weighted by atomic mass is 16.6. The Hall–Kier alpha value is -1.14. The molecule has 0 unspecified atom stereocenters. The van der Waals surface area contributed by atoms with E-state index >= 15 is 0 Å². The quantitative estimate of drug-likeness (QED) is 0.426. The van der Waals surface area contributed by atoms with Gasteiger partial charge in [-0.05, 0) is 94.2 Å². The molecule has 0 bridgehead atoms. The normalized spacial score (nSPS) is 12.5. The van der Waals surface area contributed by atoms with Crippen LogP contribution in [0.2, 0.25) is 0 Å². The molecule has 0 amide bonds. The SMILES string of the molecule is CCN(C)CCCC(=O)OC(C)(C)CCC(C)(C)OC(=O)CCCN(C)C. The second-order valence-electron chi connectivity index (χ2n) is 8.87. The van der Waals surface area contributed by atoms with E-state index in [1.165, 1.54) is 0 Å². The molecular weight excluding hydrogens is 344 g/mol. The van der Waals surface area contributed by atoms with Crippen molar-refractivity contribution < 1.29 is 19.1 Å². The average Bonchev–Trinajstić information content (AvgIpc) is 2.51. The monoisotopic (exact) mass is 386 g/mol. The molecule has 0 heterocycles. The molecule has 0 aliphatic rings. The lowest BCUT2D eigenvalue weighted by Gasteiger charge is -2.31. The molecule has 0 aromatic heterocycles. The average molecular weight is 387 g/mol. The first-order valence-corrected chi connectivity index (χ1v) is 10.1. The van der Waals surface area contributed by atoms with Crippen molar-refractivity contribution in [1.82, 2.24) is 9.80 Å². The molecule has 0 N–H and O–H groups in total. The van der Waals surface area contributed by atoms with E-state index in [0.717, 1.165) is 32.5 Å². The van der Waals surface area contributed by atoms with Crippen molar-refractivity contribution in [3.05, 3.63) is 0 Å². The lowest BCUT2D eigenvalue weighted by Crippen LogP contribution is -2.34. The number of hydrogen-bond donors (Lipinski definition) is 0. The van der Waals surface area contributed by atoms with E-state index in [0.29, 0.717) is 25.7 Å². The zero-order chi connectivity index (χ0) is 21.1. The smallest absolute Gasteiger partial charge is 0.306 e. The van der Waals surface area contributed by atoms with Gasteiger partial charge in [-0.25, -0.2) is 0 Å². The number of rotatable bonds is 14. The van der Waals surface area contributed by atoms with Crippen molar-refractivity contribution >= 4 is 11.9 Å². The van der Waals surface area contributed by atoms with Crippen LogP contribution in [-0.4, -0.2) is 73.7 Å². The molecule has 0 aromatic carbocycles.